The highest BCUT2D eigenvalue weighted by molar-refractivity contribution is 6.15. The molecule has 2 N–H and O–H groups in total. The van der Waals surface area contributed by atoms with Crippen LogP contribution in [0, 0.1) is 0 Å². The van der Waals surface area contributed by atoms with E-state index in [4.69, 9.17) is 0 Å². The molecule has 5 aromatic carbocycles. The summed E-state index contributed by atoms with van der Waals surface area (Å²) in [7, 11) is 0. The first kappa shape index (κ1) is 22.1. The minimum atomic E-state index is -0.578. The zero-order chi connectivity index (χ0) is 24.3. The zero-order valence-corrected chi connectivity index (χ0v) is 20.0. The van der Waals surface area contributed by atoms with Crippen LogP contribution in [0.5, 0.6) is 0 Å². The molecular weight excluding hydrogens is 440 g/mol. The number of hydrogen-bond acceptors (Lipinski definition) is 2. The van der Waals surface area contributed by atoms with Crippen molar-refractivity contribution >= 4 is 27.4 Å². The molecule has 0 spiro atoms. The number of aromatic nitrogens is 1. The van der Waals surface area contributed by atoms with Gasteiger partial charge in [-0.3, -0.25) is 0 Å². The van der Waals surface area contributed by atoms with Gasteiger partial charge in [0.1, 0.15) is 0 Å². The first-order valence-electron chi connectivity index (χ1n) is 12.4. The summed E-state index contributed by atoms with van der Waals surface area (Å²) >= 11 is 0. The van der Waals surface area contributed by atoms with Crippen LogP contribution in [-0.2, 0) is 6.54 Å². The van der Waals surface area contributed by atoms with E-state index in [0.29, 0.717) is 13.1 Å². The fourth-order valence-corrected chi connectivity index (χ4v) is 5.16. The van der Waals surface area contributed by atoms with Crippen LogP contribution in [0.2, 0.25) is 0 Å². The van der Waals surface area contributed by atoms with Crippen molar-refractivity contribution in [1.29, 1.82) is 0 Å². The molecule has 1 unspecified atom stereocenters. The maximum Gasteiger partial charge on any atom is 0.0891 e. The molecule has 0 aliphatic heterocycles. The average molecular weight is 469 g/mol. The minimum Gasteiger partial charge on any atom is -0.389 e. The van der Waals surface area contributed by atoms with Crippen LogP contribution in [0.1, 0.15) is 0 Å². The minimum absolute atomic E-state index is 0.462. The van der Waals surface area contributed by atoms with Gasteiger partial charge >= 0.3 is 0 Å². The van der Waals surface area contributed by atoms with E-state index in [1.54, 1.807) is 0 Å². The van der Waals surface area contributed by atoms with E-state index in [-0.39, 0.29) is 0 Å². The van der Waals surface area contributed by atoms with Crippen LogP contribution in [0.25, 0.3) is 44.1 Å². The van der Waals surface area contributed by atoms with Gasteiger partial charge in [0.25, 0.3) is 0 Å². The number of aliphatic hydroxyl groups excluding tert-OH is 1. The van der Waals surface area contributed by atoms with E-state index in [0.717, 1.165) is 22.5 Å². The Hall–Kier alpha value is -4.34. The van der Waals surface area contributed by atoms with Gasteiger partial charge in [-0.05, 0) is 28.6 Å². The van der Waals surface area contributed by atoms with Crippen molar-refractivity contribution in [1.82, 2.24) is 4.57 Å². The zero-order valence-electron chi connectivity index (χ0n) is 20.0. The Labute approximate surface area is 211 Å². The summed E-state index contributed by atoms with van der Waals surface area (Å²) < 4.78 is 2.33. The van der Waals surface area contributed by atoms with Gasteiger partial charge in [0.05, 0.1) is 23.9 Å². The van der Waals surface area contributed by atoms with Crippen molar-refractivity contribution in [3.05, 3.63) is 127 Å². The number of para-hydroxylation sites is 1. The molecule has 36 heavy (non-hydrogen) atoms. The second-order valence-corrected chi connectivity index (χ2v) is 9.15. The Morgan fingerprint density at radius 2 is 1.22 bits per heavy atom. The molecule has 6 rings (SSSR count). The third kappa shape index (κ3) is 4.15. The van der Waals surface area contributed by atoms with Crippen molar-refractivity contribution in [2.24, 2.45) is 0 Å². The first-order chi connectivity index (χ1) is 17.8. The smallest absolute Gasteiger partial charge is 0.0891 e. The molecule has 3 nitrogen and oxygen atoms in total. The second-order valence-electron chi connectivity index (χ2n) is 9.15. The lowest BCUT2D eigenvalue weighted by Gasteiger charge is -2.18. The Bertz CT molecular complexity index is 1610. The molecule has 1 atom stereocenters. The van der Waals surface area contributed by atoms with Crippen LogP contribution in [0.4, 0.5) is 5.69 Å². The summed E-state index contributed by atoms with van der Waals surface area (Å²) in [5.41, 5.74) is 6.81. The van der Waals surface area contributed by atoms with Crippen molar-refractivity contribution in [3.8, 4) is 22.4 Å². The summed E-state index contributed by atoms with van der Waals surface area (Å²) in [5, 5.41) is 18.2. The summed E-state index contributed by atoms with van der Waals surface area (Å²) in [6.07, 6.45) is -0.578. The van der Waals surface area contributed by atoms with E-state index in [1.807, 2.05) is 36.4 Å². The summed E-state index contributed by atoms with van der Waals surface area (Å²) in [6, 6.07) is 44.1. The van der Waals surface area contributed by atoms with Gasteiger partial charge in [0, 0.05) is 28.6 Å². The van der Waals surface area contributed by atoms with Crippen LogP contribution in [0.15, 0.2) is 127 Å². The highest BCUT2D eigenvalue weighted by Crippen LogP contribution is 2.43. The van der Waals surface area contributed by atoms with E-state index < -0.39 is 6.10 Å². The molecule has 3 heteroatoms. The molecule has 0 saturated heterocycles. The number of hydrogen-bond donors (Lipinski definition) is 2. The molecule has 0 fully saturated rings. The molecule has 0 aliphatic carbocycles. The summed E-state index contributed by atoms with van der Waals surface area (Å²) in [4.78, 5) is 0. The molecule has 0 aliphatic rings. The fraction of sp³-hybridized carbons (Fsp3) is 0.0909. The molecule has 0 bridgehead atoms. The Balaban J connectivity index is 1.57. The molecule has 1 aromatic heterocycles. The van der Waals surface area contributed by atoms with E-state index in [1.165, 1.54) is 27.3 Å². The number of nitrogens with zero attached hydrogens (tertiary/aromatic N) is 1. The monoisotopic (exact) mass is 468 g/mol. The third-order valence-electron chi connectivity index (χ3n) is 6.77. The van der Waals surface area contributed by atoms with E-state index in [9.17, 15) is 5.11 Å². The molecule has 176 valence electrons. The SMILES string of the molecule is OC(CNc1ccccc1)Cn1c(-c2ccccc2)c(-c2ccccc2)c2ccc3ccccc3c21. The van der Waals surface area contributed by atoms with E-state index >= 15 is 0 Å². The number of nitrogens with one attached hydrogen (secondary N) is 1. The van der Waals surface area contributed by atoms with Crippen LogP contribution < -0.4 is 5.32 Å². The normalized spacial score (nSPS) is 12.1. The molecule has 0 radical (unpaired) electrons. The molecule has 0 saturated carbocycles. The number of aliphatic hydroxyl groups is 1. The van der Waals surface area contributed by atoms with Crippen LogP contribution in [-0.4, -0.2) is 22.3 Å². The predicted molar refractivity (Wildman–Crippen MR) is 151 cm³/mol. The maximum absolute atomic E-state index is 11.3. The Morgan fingerprint density at radius 1 is 0.611 bits per heavy atom. The molecule has 0 amide bonds. The first-order valence-corrected chi connectivity index (χ1v) is 12.4. The number of anilines is 1. The van der Waals surface area contributed by atoms with Gasteiger partial charge in [-0.2, -0.15) is 0 Å². The largest absolute Gasteiger partial charge is 0.389 e. The lowest BCUT2D eigenvalue weighted by atomic mass is 9.97. The predicted octanol–water partition coefficient (Wildman–Crippen LogP) is 7.60. The van der Waals surface area contributed by atoms with Gasteiger partial charge in [0.2, 0.25) is 0 Å². The van der Waals surface area contributed by atoms with Crippen molar-refractivity contribution in [2.45, 2.75) is 12.6 Å². The van der Waals surface area contributed by atoms with Gasteiger partial charge < -0.3 is 15.0 Å². The molecule has 6 aromatic rings. The van der Waals surface area contributed by atoms with Crippen molar-refractivity contribution < 1.29 is 5.11 Å². The van der Waals surface area contributed by atoms with Gasteiger partial charge in [-0.25, -0.2) is 0 Å². The fourth-order valence-electron chi connectivity index (χ4n) is 5.16. The van der Waals surface area contributed by atoms with Crippen LogP contribution >= 0.6 is 0 Å². The van der Waals surface area contributed by atoms with Crippen molar-refractivity contribution in [2.75, 3.05) is 11.9 Å². The van der Waals surface area contributed by atoms with Gasteiger partial charge in [-0.1, -0.05) is 115 Å². The number of benzene rings is 5. The highest BCUT2D eigenvalue weighted by Gasteiger charge is 2.23. The topological polar surface area (TPSA) is 37.2 Å². The second kappa shape index (κ2) is 9.73. The molecular formula is C33H28N2O. The van der Waals surface area contributed by atoms with Gasteiger partial charge in [-0.15, -0.1) is 0 Å². The summed E-state index contributed by atoms with van der Waals surface area (Å²) in [5.74, 6) is 0. The lowest BCUT2D eigenvalue weighted by Crippen LogP contribution is -2.25. The van der Waals surface area contributed by atoms with Crippen LogP contribution in [0.3, 0.4) is 0 Å². The Morgan fingerprint density at radius 3 is 1.94 bits per heavy atom. The lowest BCUT2D eigenvalue weighted by molar-refractivity contribution is 0.169. The average Bonchev–Trinajstić information content (AvgIpc) is 3.27. The summed E-state index contributed by atoms with van der Waals surface area (Å²) in [6.45, 7) is 0.935. The molecule has 1 heterocycles. The Kier molecular flexibility index (Phi) is 5.98. The van der Waals surface area contributed by atoms with Gasteiger partial charge in [0.15, 0.2) is 0 Å². The quantitative estimate of drug-likeness (QED) is 0.253. The third-order valence-corrected chi connectivity index (χ3v) is 6.77. The van der Waals surface area contributed by atoms with Crippen molar-refractivity contribution in [3.63, 3.8) is 0 Å². The standard InChI is InChI=1S/C33H28N2O/c36-28(22-34-27-17-8-3-9-18-27)23-35-32(26-15-6-2-7-16-26)31(25-13-4-1-5-14-25)30-21-20-24-12-10-11-19-29(24)33(30)35/h1-21,28,34,36H,22-23H2. The number of fused-ring (bicyclic) bond motifs is 3. The number of rotatable bonds is 7. The highest BCUT2D eigenvalue weighted by atomic mass is 16.3. The van der Waals surface area contributed by atoms with E-state index in [2.05, 4.69) is 101 Å². The maximum atomic E-state index is 11.3.